The molecule has 2 nitrogen and oxygen atoms in total. The lowest BCUT2D eigenvalue weighted by molar-refractivity contribution is 0.511. The highest BCUT2D eigenvalue weighted by Crippen LogP contribution is 2.39. The van der Waals surface area contributed by atoms with E-state index >= 15 is 0 Å². The summed E-state index contributed by atoms with van der Waals surface area (Å²) in [5.74, 6) is 0. The van der Waals surface area contributed by atoms with Crippen LogP contribution in [0.3, 0.4) is 0 Å². The third-order valence-electron chi connectivity index (χ3n) is 3.34. The van der Waals surface area contributed by atoms with Gasteiger partial charge >= 0.3 is 0 Å². The van der Waals surface area contributed by atoms with Crippen molar-refractivity contribution >= 4 is 5.69 Å². The fourth-order valence-corrected chi connectivity index (χ4v) is 2.66. The Morgan fingerprint density at radius 2 is 1.71 bits per heavy atom. The second-order valence-electron chi connectivity index (χ2n) is 7.05. The Balaban J connectivity index is 2.70. The lowest BCUT2D eigenvalue weighted by atomic mass is 9.75. The highest BCUT2D eigenvalue weighted by molar-refractivity contribution is 5.60. The Hall–Kier alpha value is -1.05. The monoisotopic (exact) mass is 232 g/mol. The van der Waals surface area contributed by atoms with Gasteiger partial charge < -0.3 is 5.32 Å². The van der Waals surface area contributed by atoms with Crippen molar-refractivity contribution in [2.45, 2.75) is 58.8 Å². The van der Waals surface area contributed by atoms with Crippen molar-refractivity contribution in [1.82, 2.24) is 4.98 Å². The van der Waals surface area contributed by atoms with Crippen LogP contribution in [-0.2, 0) is 17.3 Å². The first-order chi connectivity index (χ1) is 7.71. The second kappa shape index (κ2) is 3.72. The van der Waals surface area contributed by atoms with Gasteiger partial charge in [-0.3, -0.25) is 4.98 Å². The molecule has 0 saturated heterocycles. The molecular weight excluding hydrogens is 208 g/mol. The third kappa shape index (κ3) is 2.18. The molecule has 0 spiro atoms. The average Bonchev–Trinajstić information content (AvgIpc) is 2.59. The molecule has 2 heteroatoms. The van der Waals surface area contributed by atoms with E-state index in [0.29, 0.717) is 0 Å². The summed E-state index contributed by atoms with van der Waals surface area (Å²) in [6.07, 6.45) is 3.14. The van der Waals surface area contributed by atoms with Crippen LogP contribution in [0.15, 0.2) is 6.20 Å². The highest BCUT2D eigenvalue weighted by atomic mass is 14.9. The van der Waals surface area contributed by atoms with E-state index in [1.165, 1.54) is 22.5 Å². The van der Waals surface area contributed by atoms with Crippen LogP contribution in [-0.4, -0.2) is 11.5 Å². The average molecular weight is 232 g/mol. The first kappa shape index (κ1) is 12.4. The maximum absolute atomic E-state index is 4.73. The van der Waals surface area contributed by atoms with Crippen LogP contribution in [0.5, 0.6) is 0 Å². The minimum atomic E-state index is 0.111. The van der Waals surface area contributed by atoms with Gasteiger partial charge in [0.05, 0.1) is 11.9 Å². The number of nitrogens with zero attached hydrogens (tertiary/aromatic N) is 1. The molecule has 94 valence electrons. The molecule has 17 heavy (non-hydrogen) atoms. The van der Waals surface area contributed by atoms with Gasteiger partial charge in [-0.2, -0.15) is 0 Å². The Morgan fingerprint density at radius 1 is 1.06 bits per heavy atom. The molecule has 0 bridgehead atoms. The van der Waals surface area contributed by atoms with Gasteiger partial charge in [0.2, 0.25) is 0 Å². The number of aromatic nitrogens is 1. The first-order valence-corrected chi connectivity index (χ1v) is 6.48. The van der Waals surface area contributed by atoms with Crippen LogP contribution in [0.25, 0.3) is 0 Å². The minimum absolute atomic E-state index is 0.111. The summed E-state index contributed by atoms with van der Waals surface area (Å²) in [5.41, 5.74) is 5.70. The maximum Gasteiger partial charge on any atom is 0.0563 e. The summed E-state index contributed by atoms with van der Waals surface area (Å²) in [5, 5.41) is 3.43. The predicted octanol–water partition coefficient (Wildman–Crippen LogP) is 3.64. The van der Waals surface area contributed by atoms with Crippen molar-refractivity contribution in [3.8, 4) is 0 Å². The van der Waals surface area contributed by atoms with Gasteiger partial charge in [-0.1, -0.05) is 41.5 Å². The summed E-state index contributed by atoms with van der Waals surface area (Å²) in [6.45, 7) is 14.7. The Morgan fingerprint density at radius 3 is 2.24 bits per heavy atom. The normalized spacial score (nSPS) is 15.6. The van der Waals surface area contributed by atoms with E-state index in [4.69, 9.17) is 4.98 Å². The van der Waals surface area contributed by atoms with E-state index < -0.39 is 0 Å². The summed E-state index contributed by atoms with van der Waals surface area (Å²) >= 11 is 0. The van der Waals surface area contributed by atoms with Crippen LogP contribution < -0.4 is 5.32 Å². The smallest absolute Gasteiger partial charge is 0.0563 e. The zero-order valence-corrected chi connectivity index (χ0v) is 11.9. The molecule has 0 aromatic carbocycles. The largest absolute Gasteiger partial charge is 0.383 e. The van der Waals surface area contributed by atoms with E-state index in [0.717, 1.165) is 13.0 Å². The Labute approximate surface area is 105 Å². The van der Waals surface area contributed by atoms with E-state index in [-0.39, 0.29) is 10.8 Å². The van der Waals surface area contributed by atoms with Crippen molar-refractivity contribution in [1.29, 1.82) is 0 Å². The zero-order chi connectivity index (χ0) is 12.8. The van der Waals surface area contributed by atoms with E-state index in [9.17, 15) is 0 Å². The lowest BCUT2D eigenvalue weighted by Gasteiger charge is -2.31. The van der Waals surface area contributed by atoms with Gasteiger partial charge in [-0.25, -0.2) is 0 Å². The van der Waals surface area contributed by atoms with Crippen LogP contribution in [0, 0.1) is 0 Å². The molecule has 0 atom stereocenters. The quantitative estimate of drug-likeness (QED) is 0.738. The van der Waals surface area contributed by atoms with Crippen molar-refractivity contribution < 1.29 is 0 Å². The van der Waals surface area contributed by atoms with Crippen molar-refractivity contribution in [3.63, 3.8) is 0 Å². The highest BCUT2D eigenvalue weighted by Gasteiger charge is 2.31. The van der Waals surface area contributed by atoms with Crippen molar-refractivity contribution in [2.24, 2.45) is 0 Å². The topological polar surface area (TPSA) is 24.9 Å². The third-order valence-corrected chi connectivity index (χ3v) is 3.34. The lowest BCUT2D eigenvalue weighted by Crippen LogP contribution is -2.25. The van der Waals surface area contributed by atoms with Crippen LogP contribution in [0.2, 0.25) is 0 Å². The van der Waals surface area contributed by atoms with E-state index in [1.54, 1.807) is 0 Å². The van der Waals surface area contributed by atoms with Crippen LogP contribution >= 0.6 is 0 Å². The minimum Gasteiger partial charge on any atom is -0.383 e. The first-order valence-electron chi connectivity index (χ1n) is 6.48. The Kier molecular flexibility index (Phi) is 2.72. The molecular formula is C15H24N2. The molecule has 0 radical (unpaired) electrons. The zero-order valence-electron chi connectivity index (χ0n) is 11.9. The number of hydrogen-bond acceptors (Lipinski definition) is 2. The molecule has 1 aromatic heterocycles. The molecule has 1 aliphatic rings. The van der Waals surface area contributed by atoms with Crippen molar-refractivity contribution in [3.05, 3.63) is 23.0 Å². The number of fused-ring (bicyclic) bond motifs is 1. The summed E-state index contributed by atoms with van der Waals surface area (Å²) in [7, 11) is 0. The molecule has 0 saturated carbocycles. The molecule has 2 heterocycles. The fourth-order valence-electron chi connectivity index (χ4n) is 2.66. The number of hydrogen-bond donors (Lipinski definition) is 1. The van der Waals surface area contributed by atoms with Gasteiger partial charge in [0, 0.05) is 17.7 Å². The number of rotatable bonds is 0. The fraction of sp³-hybridized carbons (Fsp3) is 0.667. The molecule has 0 aliphatic carbocycles. The molecule has 0 fully saturated rings. The molecule has 1 aliphatic heterocycles. The molecule has 0 unspecified atom stereocenters. The Bertz CT molecular complexity index is 433. The molecule has 2 rings (SSSR count). The van der Waals surface area contributed by atoms with Gasteiger partial charge in [-0.05, 0) is 23.0 Å². The van der Waals surface area contributed by atoms with Gasteiger partial charge in [-0.15, -0.1) is 0 Å². The van der Waals surface area contributed by atoms with Gasteiger partial charge in [0.25, 0.3) is 0 Å². The van der Waals surface area contributed by atoms with Gasteiger partial charge in [0.15, 0.2) is 0 Å². The van der Waals surface area contributed by atoms with Crippen molar-refractivity contribution in [2.75, 3.05) is 11.9 Å². The summed E-state index contributed by atoms with van der Waals surface area (Å²) in [4.78, 5) is 4.73. The summed E-state index contributed by atoms with van der Waals surface area (Å²) in [6, 6.07) is 0. The van der Waals surface area contributed by atoms with Crippen LogP contribution in [0.4, 0.5) is 5.69 Å². The van der Waals surface area contributed by atoms with Gasteiger partial charge in [0.1, 0.15) is 0 Å². The standard InChI is InChI=1S/C15H24N2/c1-14(2,3)12-10-7-8-16-11(10)9-17-13(12)15(4,5)6/h9,16H,7-8H2,1-6H3. The second-order valence-corrected chi connectivity index (χ2v) is 7.05. The summed E-state index contributed by atoms with van der Waals surface area (Å²) < 4.78 is 0. The van der Waals surface area contributed by atoms with Crippen LogP contribution in [0.1, 0.15) is 58.4 Å². The number of pyridine rings is 1. The van der Waals surface area contributed by atoms with E-state index in [2.05, 4.69) is 46.9 Å². The molecule has 0 amide bonds. The molecule has 1 aromatic rings. The predicted molar refractivity (Wildman–Crippen MR) is 73.8 cm³/mol. The van der Waals surface area contributed by atoms with E-state index in [1.807, 2.05) is 6.20 Å². The maximum atomic E-state index is 4.73. The molecule has 1 N–H and O–H groups in total. The number of nitrogens with one attached hydrogen (secondary N) is 1. The number of anilines is 1. The SMILES string of the molecule is CC(C)(C)c1ncc2c(c1C(C)(C)C)CCN2.